The van der Waals surface area contributed by atoms with E-state index in [1.165, 1.54) is 6.42 Å². The Balaban J connectivity index is 2.16. The van der Waals surface area contributed by atoms with E-state index in [0.717, 1.165) is 24.9 Å². The first-order valence-corrected chi connectivity index (χ1v) is 7.15. The Morgan fingerprint density at radius 2 is 2.20 bits per heavy atom. The van der Waals surface area contributed by atoms with Gasteiger partial charge >= 0.3 is 0 Å². The van der Waals surface area contributed by atoms with Crippen LogP contribution in [0.2, 0.25) is 0 Å². The van der Waals surface area contributed by atoms with Crippen LogP contribution in [0.25, 0.3) is 0 Å². The molecule has 1 fully saturated rings. The van der Waals surface area contributed by atoms with Crippen molar-refractivity contribution in [1.82, 2.24) is 0 Å². The van der Waals surface area contributed by atoms with E-state index in [9.17, 15) is 4.79 Å². The van der Waals surface area contributed by atoms with Crippen LogP contribution in [-0.4, -0.2) is 19.5 Å². The number of nitrogens with two attached hydrogens (primary N) is 1. The molecule has 0 radical (unpaired) electrons. The minimum Gasteiger partial charge on any atom is -0.330 e. The molecule has 4 nitrogen and oxygen atoms in total. The molecule has 2 N–H and O–H groups in total. The zero-order valence-corrected chi connectivity index (χ0v) is 11.9. The molecule has 1 amide bonds. The van der Waals surface area contributed by atoms with E-state index >= 15 is 0 Å². The SMILES string of the molecule is CN(C(=O)C1CCCCC1CN)c1cccc(C#N)c1. The summed E-state index contributed by atoms with van der Waals surface area (Å²) in [6.45, 7) is 0.572. The van der Waals surface area contributed by atoms with Crippen LogP contribution in [0, 0.1) is 23.2 Å². The first-order valence-electron chi connectivity index (χ1n) is 7.15. The lowest BCUT2D eigenvalue weighted by Crippen LogP contribution is -2.40. The van der Waals surface area contributed by atoms with Crippen LogP contribution >= 0.6 is 0 Å². The third-order valence-electron chi connectivity index (χ3n) is 4.22. The van der Waals surface area contributed by atoms with E-state index in [4.69, 9.17) is 11.0 Å². The third kappa shape index (κ3) is 3.00. The van der Waals surface area contributed by atoms with Crippen LogP contribution < -0.4 is 10.6 Å². The molecule has 2 unspecified atom stereocenters. The molecule has 0 spiro atoms. The normalized spacial score (nSPS) is 22.1. The van der Waals surface area contributed by atoms with Gasteiger partial charge in [0.15, 0.2) is 0 Å². The summed E-state index contributed by atoms with van der Waals surface area (Å²) in [4.78, 5) is 14.3. The molecule has 1 aromatic carbocycles. The van der Waals surface area contributed by atoms with Gasteiger partial charge in [-0.3, -0.25) is 4.79 Å². The van der Waals surface area contributed by atoms with Gasteiger partial charge in [0, 0.05) is 18.7 Å². The predicted octanol–water partition coefficient (Wildman–Crippen LogP) is 2.29. The Hall–Kier alpha value is -1.86. The summed E-state index contributed by atoms with van der Waals surface area (Å²) in [5, 5.41) is 8.94. The molecular formula is C16H21N3O. The summed E-state index contributed by atoms with van der Waals surface area (Å²) in [6, 6.07) is 9.26. The Kier molecular flexibility index (Phi) is 4.75. The second kappa shape index (κ2) is 6.53. The summed E-state index contributed by atoms with van der Waals surface area (Å²) in [5.41, 5.74) is 7.15. The van der Waals surface area contributed by atoms with E-state index in [0.29, 0.717) is 12.1 Å². The fourth-order valence-corrected chi connectivity index (χ4v) is 2.97. The molecule has 106 valence electrons. The molecule has 1 aliphatic rings. The molecule has 0 heterocycles. The molecule has 2 rings (SSSR count). The maximum atomic E-state index is 12.7. The Bertz CT molecular complexity index is 521. The Morgan fingerprint density at radius 1 is 1.45 bits per heavy atom. The standard InChI is InChI=1S/C16H21N3O/c1-19(14-7-4-5-12(9-14)10-17)16(20)15-8-3-2-6-13(15)11-18/h4-5,7,9,13,15H,2-3,6,8,11,18H2,1H3. The van der Waals surface area contributed by atoms with Crippen molar-refractivity contribution in [2.24, 2.45) is 17.6 Å². The van der Waals surface area contributed by atoms with Crippen molar-refractivity contribution in [3.63, 3.8) is 0 Å². The van der Waals surface area contributed by atoms with Crippen LogP contribution in [0.4, 0.5) is 5.69 Å². The maximum absolute atomic E-state index is 12.7. The lowest BCUT2D eigenvalue weighted by atomic mass is 9.78. The maximum Gasteiger partial charge on any atom is 0.230 e. The monoisotopic (exact) mass is 271 g/mol. The molecule has 4 heteroatoms. The molecule has 0 bridgehead atoms. The van der Waals surface area contributed by atoms with Gasteiger partial charge in [0.2, 0.25) is 5.91 Å². The van der Waals surface area contributed by atoms with Crippen molar-refractivity contribution in [2.75, 3.05) is 18.5 Å². The number of nitriles is 1. The smallest absolute Gasteiger partial charge is 0.230 e. The second-order valence-corrected chi connectivity index (χ2v) is 5.45. The number of anilines is 1. The van der Waals surface area contributed by atoms with Gasteiger partial charge in [-0.2, -0.15) is 5.26 Å². The number of hydrogen-bond acceptors (Lipinski definition) is 3. The predicted molar refractivity (Wildman–Crippen MR) is 79.1 cm³/mol. The Labute approximate surface area is 120 Å². The topological polar surface area (TPSA) is 70.1 Å². The van der Waals surface area contributed by atoms with Crippen molar-refractivity contribution >= 4 is 11.6 Å². The first kappa shape index (κ1) is 14.5. The number of rotatable bonds is 3. The van der Waals surface area contributed by atoms with Gasteiger partial charge in [0.1, 0.15) is 0 Å². The zero-order valence-electron chi connectivity index (χ0n) is 11.9. The molecule has 1 saturated carbocycles. The van der Waals surface area contributed by atoms with Crippen molar-refractivity contribution in [3.05, 3.63) is 29.8 Å². The molecule has 20 heavy (non-hydrogen) atoms. The van der Waals surface area contributed by atoms with Crippen molar-refractivity contribution in [3.8, 4) is 6.07 Å². The van der Waals surface area contributed by atoms with Crippen molar-refractivity contribution < 1.29 is 4.79 Å². The van der Waals surface area contributed by atoms with Gasteiger partial charge < -0.3 is 10.6 Å². The zero-order chi connectivity index (χ0) is 14.5. The van der Waals surface area contributed by atoms with E-state index < -0.39 is 0 Å². The number of benzene rings is 1. The lowest BCUT2D eigenvalue weighted by molar-refractivity contribution is -0.124. The highest BCUT2D eigenvalue weighted by Crippen LogP contribution is 2.31. The summed E-state index contributed by atoms with van der Waals surface area (Å²) >= 11 is 0. The third-order valence-corrected chi connectivity index (χ3v) is 4.22. The highest BCUT2D eigenvalue weighted by molar-refractivity contribution is 5.94. The molecule has 2 atom stereocenters. The highest BCUT2D eigenvalue weighted by Gasteiger charge is 2.32. The van der Waals surface area contributed by atoms with E-state index in [1.54, 1.807) is 30.1 Å². The highest BCUT2D eigenvalue weighted by atomic mass is 16.2. The number of hydrogen-bond donors (Lipinski definition) is 1. The molecule has 1 aromatic rings. The van der Waals surface area contributed by atoms with Crippen LogP contribution in [0.15, 0.2) is 24.3 Å². The molecular weight excluding hydrogens is 250 g/mol. The van der Waals surface area contributed by atoms with E-state index in [-0.39, 0.29) is 17.7 Å². The molecule has 0 aliphatic heterocycles. The summed E-state index contributed by atoms with van der Waals surface area (Å²) in [7, 11) is 1.78. The summed E-state index contributed by atoms with van der Waals surface area (Å²) in [6.07, 6.45) is 4.22. The number of amides is 1. The van der Waals surface area contributed by atoms with Gasteiger partial charge in [0.05, 0.1) is 11.6 Å². The fraction of sp³-hybridized carbons (Fsp3) is 0.500. The number of carbonyl (C=O) groups is 1. The largest absolute Gasteiger partial charge is 0.330 e. The van der Waals surface area contributed by atoms with Gasteiger partial charge in [-0.25, -0.2) is 0 Å². The van der Waals surface area contributed by atoms with E-state index in [2.05, 4.69) is 6.07 Å². The summed E-state index contributed by atoms with van der Waals surface area (Å²) in [5.74, 6) is 0.428. The average molecular weight is 271 g/mol. The fourth-order valence-electron chi connectivity index (χ4n) is 2.97. The second-order valence-electron chi connectivity index (χ2n) is 5.45. The van der Waals surface area contributed by atoms with Crippen LogP contribution in [0.3, 0.4) is 0 Å². The van der Waals surface area contributed by atoms with Crippen molar-refractivity contribution in [1.29, 1.82) is 5.26 Å². The summed E-state index contributed by atoms with van der Waals surface area (Å²) < 4.78 is 0. The van der Waals surface area contributed by atoms with Crippen molar-refractivity contribution in [2.45, 2.75) is 25.7 Å². The van der Waals surface area contributed by atoms with Crippen LogP contribution in [-0.2, 0) is 4.79 Å². The lowest BCUT2D eigenvalue weighted by Gasteiger charge is -2.32. The van der Waals surface area contributed by atoms with Gasteiger partial charge in [-0.1, -0.05) is 18.9 Å². The number of carbonyl (C=O) groups excluding carboxylic acids is 1. The molecule has 0 aromatic heterocycles. The minimum absolute atomic E-state index is 0.0180. The van der Waals surface area contributed by atoms with Gasteiger partial charge in [-0.15, -0.1) is 0 Å². The Morgan fingerprint density at radius 3 is 2.90 bits per heavy atom. The van der Waals surface area contributed by atoms with Crippen LogP contribution in [0.5, 0.6) is 0 Å². The average Bonchev–Trinajstić information content (AvgIpc) is 2.53. The quantitative estimate of drug-likeness (QED) is 0.917. The van der Waals surface area contributed by atoms with Gasteiger partial charge in [0.25, 0.3) is 0 Å². The minimum atomic E-state index is 0.0180. The number of nitrogens with zero attached hydrogens (tertiary/aromatic N) is 2. The van der Waals surface area contributed by atoms with Crippen LogP contribution in [0.1, 0.15) is 31.2 Å². The first-order chi connectivity index (χ1) is 9.67. The molecule has 1 aliphatic carbocycles. The van der Waals surface area contributed by atoms with E-state index in [1.807, 2.05) is 6.07 Å². The molecule has 0 saturated heterocycles. The van der Waals surface area contributed by atoms with Gasteiger partial charge in [-0.05, 0) is 43.5 Å².